The van der Waals surface area contributed by atoms with Crippen molar-refractivity contribution < 1.29 is 4.79 Å². The summed E-state index contributed by atoms with van der Waals surface area (Å²) in [5.74, 6) is 0.971. The van der Waals surface area contributed by atoms with Gasteiger partial charge in [-0.2, -0.15) is 12.6 Å². The van der Waals surface area contributed by atoms with Gasteiger partial charge in [-0.1, -0.05) is 19.9 Å². The molecule has 3 heteroatoms. The van der Waals surface area contributed by atoms with E-state index in [1.54, 1.807) is 0 Å². The van der Waals surface area contributed by atoms with E-state index in [0.717, 1.165) is 25.7 Å². The van der Waals surface area contributed by atoms with E-state index in [2.05, 4.69) is 40.0 Å². The molecule has 0 N–H and O–H groups in total. The van der Waals surface area contributed by atoms with Gasteiger partial charge in [0.2, 0.25) is 5.91 Å². The molecule has 17 heavy (non-hydrogen) atoms. The first-order valence-electron chi connectivity index (χ1n) is 6.62. The number of carbonyl (C=O) groups is 1. The van der Waals surface area contributed by atoms with Gasteiger partial charge in [-0.3, -0.25) is 4.79 Å². The molecule has 2 nitrogen and oxygen atoms in total. The largest absolute Gasteiger partial charge is 0.328 e. The Balaban J connectivity index is 2.91. The maximum absolute atomic E-state index is 12.5. The summed E-state index contributed by atoms with van der Waals surface area (Å²) in [6.07, 6.45) is 5.61. The summed E-state index contributed by atoms with van der Waals surface area (Å²) in [4.78, 5) is 14.5. The number of amides is 1. The topological polar surface area (TPSA) is 20.3 Å². The highest BCUT2D eigenvalue weighted by atomic mass is 32.1. The van der Waals surface area contributed by atoms with Gasteiger partial charge in [0.25, 0.3) is 0 Å². The Bertz CT molecular complexity index is 279. The fraction of sp³-hybridized carbons (Fsp3) is 0.786. The van der Waals surface area contributed by atoms with E-state index in [1.807, 2.05) is 11.0 Å². The molecule has 0 saturated carbocycles. The van der Waals surface area contributed by atoms with Crippen LogP contribution < -0.4 is 0 Å². The Morgan fingerprint density at radius 3 is 2.71 bits per heavy atom. The average Bonchev–Trinajstić information content (AvgIpc) is 2.36. The first kappa shape index (κ1) is 14.6. The van der Waals surface area contributed by atoms with Gasteiger partial charge in [0, 0.05) is 12.0 Å². The van der Waals surface area contributed by atoms with E-state index in [-0.39, 0.29) is 17.2 Å². The zero-order valence-corrected chi connectivity index (χ0v) is 12.1. The van der Waals surface area contributed by atoms with Crippen LogP contribution in [0.3, 0.4) is 0 Å². The number of allylic oxidation sites excluding steroid dienone is 1. The molecule has 1 amide bonds. The molecule has 4 atom stereocenters. The van der Waals surface area contributed by atoms with Gasteiger partial charge in [0.1, 0.15) is 0 Å². The zero-order valence-electron chi connectivity index (χ0n) is 11.2. The van der Waals surface area contributed by atoms with Crippen LogP contribution in [-0.2, 0) is 4.79 Å². The van der Waals surface area contributed by atoms with Crippen molar-refractivity contribution in [3.63, 3.8) is 0 Å². The smallest absolute Gasteiger partial charge is 0.227 e. The highest BCUT2D eigenvalue weighted by molar-refractivity contribution is 7.80. The molecule has 2 unspecified atom stereocenters. The van der Waals surface area contributed by atoms with Gasteiger partial charge in [-0.15, -0.1) is 6.58 Å². The molecular weight excluding hydrogens is 230 g/mol. The number of nitrogens with zero attached hydrogens (tertiary/aromatic N) is 1. The van der Waals surface area contributed by atoms with Crippen molar-refractivity contribution in [3.8, 4) is 0 Å². The van der Waals surface area contributed by atoms with E-state index in [4.69, 9.17) is 0 Å². The van der Waals surface area contributed by atoms with Crippen LogP contribution in [0, 0.1) is 11.8 Å². The Kier molecular flexibility index (Phi) is 5.57. The van der Waals surface area contributed by atoms with Gasteiger partial charge >= 0.3 is 0 Å². The summed E-state index contributed by atoms with van der Waals surface area (Å²) in [5, 5.41) is 0.0510. The third-order valence-electron chi connectivity index (χ3n) is 3.65. The van der Waals surface area contributed by atoms with Gasteiger partial charge < -0.3 is 4.90 Å². The first-order valence-corrected chi connectivity index (χ1v) is 7.14. The molecule has 1 saturated heterocycles. The highest BCUT2D eigenvalue weighted by Gasteiger charge is 2.35. The number of thiol groups is 1. The van der Waals surface area contributed by atoms with Crippen LogP contribution >= 0.6 is 12.6 Å². The van der Waals surface area contributed by atoms with Crippen molar-refractivity contribution in [2.45, 2.75) is 57.9 Å². The molecule has 0 aliphatic carbocycles. The number of rotatable bonds is 4. The molecule has 0 aromatic heterocycles. The fourth-order valence-corrected chi connectivity index (χ4v) is 3.18. The Morgan fingerprint density at radius 1 is 1.53 bits per heavy atom. The molecule has 0 radical (unpaired) electrons. The maximum Gasteiger partial charge on any atom is 0.227 e. The van der Waals surface area contributed by atoms with Gasteiger partial charge in [-0.25, -0.2) is 0 Å². The van der Waals surface area contributed by atoms with Gasteiger partial charge in [0.05, 0.1) is 5.37 Å². The molecule has 1 rings (SSSR count). The van der Waals surface area contributed by atoms with Crippen molar-refractivity contribution in [3.05, 3.63) is 12.7 Å². The molecule has 0 bridgehead atoms. The van der Waals surface area contributed by atoms with Crippen LogP contribution in [0.15, 0.2) is 12.7 Å². The van der Waals surface area contributed by atoms with Crippen molar-refractivity contribution in [1.29, 1.82) is 0 Å². The van der Waals surface area contributed by atoms with Gasteiger partial charge in [-0.05, 0) is 38.5 Å². The van der Waals surface area contributed by atoms with E-state index < -0.39 is 0 Å². The molecule has 0 spiro atoms. The standard InChI is InChI=1S/C14H25NOS/c1-5-7-12-9-10(3)8-11(4)15(14(12)16)13(17)6-2/h5,10-13,17H,1,6-9H2,2-4H3/t10-,11?,12?,13+/m1/s1. The van der Waals surface area contributed by atoms with Crippen LogP contribution in [0.2, 0.25) is 0 Å². The Labute approximate surface area is 111 Å². The molecule has 1 aliphatic heterocycles. The molecule has 1 heterocycles. The summed E-state index contributed by atoms with van der Waals surface area (Å²) in [6.45, 7) is 10.2. The van der Waals surface area contributed by atoms with E-state index in [1.165, 1.54) is 0 Å². The van der Waals surface area contributed by atoms with Crippen molar-refractivity contribution in [1.82, 2.24) is 4.90 Å². The Morgan fingerprint density at radius 2 is 2.18 bits per heavy atom. The van der Waals surface area contributed by atoms with Crippen molar-refractivity contribution in [2.24, 2.45) is 11.8 Å². The zero-order chi connectivity index (χ0) is 13.0. The normalized spacial score (nSPS) is 32.1. The second kappa shape index (κ2) is 6.48. The summed E-state index contributed by atoms with van der Waals surface area (Å²) in [7, 11) is 0. The molecular formula is C14H25NOS. The summed E-state index contributed by atoms with van der Waals surface area (Å²) >= 11 is 4.56. The maximum atomic E-state index is 12.5. The third kappa shape index (κ3) is 3.51. The second-order valence-corrected chi connectivity index (χ2v) is 5.88. The third-order valence-corrected chi connectivity index (χ3v) is 4.26. The predicted molar refractivity (Wildman–Crippen MR) is 76.1 cm³/mol. The molecule has 1 aliphatic rings. The first-order chi connectivity index (χ1) is 8.01. The van der Waals surface area contributed by atoms with Crippen molar-refractivity contribution in [2.75, 3.05) is 0 Å². The minimum atomic E-state index is 0.0510. The van der Waals surface area contributed by atoms with Crippen LogP contribution in [0.1, 0.15) is 46.5 Å². The predicted octanol–water partition coefficient (Wildman–Crippen LogP) is 3.49. The van der Waals surface area contributed by atoms with E-state index in [9.17, 15) is 4.79 Å². The summed E-state index contributed by atoms with van der Waals surface area (Å²) < 4.78 is 0. The van der Waals surface area contributed by atoms with Gasteiger partial charge in [0.15, 0.2) is 0 Å². The van der Waals surface area contributed by atoms with Crippen LogP contribution in [0.25, 0.3) is 0 Å². The number of carbonyl (C=O) groups excluding carboxylic acids is 1. The molecule has 98 valence electrons. The average molecular weight is 255 g/mol. The fourth-order valence-electron chi connectivity index (χ4n) is 2.84. The lowest BCUT2D eigenvalue weighted by Gasteiger charge is -2.34. The minimum absolute atomic E-state index is 0.0510. The SMILES string of the molecule is C=CCC1C[C@H](C)CC(C)N([C@@H](S)CC)C1=O. The number of hydrogen-bond acceptors (Lipinski definition) is 2. The minimum Gasteiger partial charge on any atom is -0.328 e. The van der Waals surface area contributed by atoms with Crippen LogP contribution in [0.5, 0.6) is 0 Å². The lowest BCUT2D eigenvalue weighted by Crippen LogP contribution is -2.44. The van der Waals surface area contributed by atoms with Crippen molar-refractivity contribution >= 4 is 18.5 Å². The lowest BCUT2D eigenvalue weighted by molar-refractivity contribution is -0.137. The van der Waals surface area contributed by atoms with E-state index >= 15 is 0 Å². The number of hydrogen-bond donors (Lipinski definition) is 1. The number of likely N-dealkylation sites (tertiary alicyclic amines) is 1. The lowest BCUT2D eigenvalue weighted by atomic mass is 9.91. The summed E-state index contributed by atoms with van der Waals surface area (Å²) in [6, 6.07) is 0.301. The molecule has 1 fully saturated rings. The quantitative estimate of drug-likeness (QED) is 0.602. The van der Waals surface area contributed by atoms with Crippen LogP contribution in [-0.4, -0.2) is 22.2 Å². The second-order valence-electron chi connectivity index (χ2n) is 5.28. The van der Waals surface area contributed by atoms with Crippen LogP contribution in [0.4, 0.5) is 0 Å². The monoisotopic (exact) mass is 255 g/mol. The molecule has 0 aromatic rings. The Hall–Kier alpha value is -0.440. The summed E-state index contributed by atoms with van der Waals surface area (Å²) in [5.41, 5.74) is 0. The highest BCUT2D eigenvalue weighted by Crippen LogP contribution is 2.31. The van der Waals surface area contributed by atoms with E-state index in [0.29, 0.717) is 12.0 Å². The molecule has 0 aromatic carbocycles.